The summed E-state index contributed by atoms with van der Waals surface area (Å²) in [5, 5.41) is 8.16. The molecule has 2 aromatic heterocycles. The molecule has 0 unspecified atom stereocenters. The van der Waals surface area contributed by atoms with Crippen LogP contribution >= 0.6 is 11.3 Å². The van der Waals surface area contributed by atoms with E-state index in [0.717, 1.165) is 58.9 Å². The topological polar surface area (TPSA) is 77.2 Å². The minimum Gasteiger partial charge on any atom is -0.376 e. The predicted octanol–water partition coefficient (Wildman–Crippen LogP) is 4.33. The van der Waals surface area contributed by atoms with Gasteiger partial charge in [-0.3, -0.25) is 4.79 Å². The average molecular weight is 400 g/mol. The molecule has 6 nitrogen and oxygen atoms in total. The van der Waals surface area contributed by atoms with E-state index in [1.807, 2.05) is 6.92 Å². The van der Waals surface area contributed by atoms with Gasteiger partial charge < -0.3 is 14.6 Å². The van der Waals surface area contributed by atoms with Crippen molar-refractivity contribution in [2.75, 3.05) is 11.9 Å². The van der Waals surface area contributed by atoms with E-state index in [1.54, 1.807) is 11.3 Å². The summed E-state index contributed by atoms with van der Waals surface area (Å²) in [7, 11) is 0. The largest absolute Gasteiger partial charge is 0.376 e. The molecular weight excluding hydrogens is 374 g/mol. The Bertz CT molecular complexity index is 912. The molecule has 5 aliphatic rings. The monoisotopic (exact) mass is 399 g/mol. The van der Waals surface area contributed by atoms with E-state index in [1.165, 1.54) is 24.8 Å². The summed E-state index contributed by atoms with van der Waals surface area (Å²) in [5.41, 5.74) is 1.94. The van der Waals surface area contributed by atoms with Crippen LogP contribution in [0.3, 0.4) is 0 Å². The van der Waals surface area contributed by atoms with Crippen molar-refractivity contribution in [1.82, 2.24) is 10.1 Å². The second kappa shape index (κ2) is 6.13. The van der Waals surface area contributed by atoms with Crippen molar-refractivity contribution in [3.8, 4) is 11.5 Å². The Balaban J connectivity index is 1.36. The molecule has 148 valence electrons. The number of aromatic nitrogens is 2. The molecule has 1 aliphatic heterocycles. The Morgan fingerprint density at radius 2 is 1.89 bits per heavy atom. The number of hydrogen-bond donors (Lipinski definition) is 1. The van der Waals surface area contributed by atoms with Crippen LogP contribution in [-0.4, -0.2) is 22.7 Å². The molecule has 0 radical (unpaired) electrons. The van der Waals surface area contributed by atoms with Crippen LogP contribution < -0.4 is 5.32 Å². The quantitative estimate of drug-likeness (QED) is 0.831. The van der Waals surface area contributed by atoms with E-state index < -0.39 is 0 Å². The van der Waals surface area contributed by atoms with Crippen molar-refractivity contribution >= 4 is 22.2 Å². The van der Waals surface area contributed by atoms with Gasteiger partial charge in [-0.15, -0.1) is 11.3 Å². The molecule has 0 atom stereocenters. The van der Waals surface area contributed by atoms with Gasteiger partial charge in [-0.05, 0) is 75.2 Å². The van der Waals surface area contributed by atoms with Crippen LogP contribution in [0.15, 0.2) is 4.52 Å². The highest BCUT2D eigenvalue weighted by Gasteiger charge is 2.54. The molecule has 0 spiro atoms. The number of hydrogen-bond acceptors (Lipinski definition) is 6. The molecule has 4 fully saturated rings. The van der Waals surface area contributed by atoms with Crippen molar-refractivity contribution in [3.63, 3.8) is 0 Å². The molecule has 1 amide bonds. The Kier molecular flexibility index (Phi) is 3.76. The number of anilines is 1. The molecule has 3 heterocycles. The van der Waals surface area contributed by atoms with Gasteiger partial charge in [0, 0.05) is 4.88 Å². The normalized spacial score (nSPS) is 33.1. The van der Waals surface area contributed by atoms with Crippen LogP contribution in [-0.2, 0) is 22.6 Å². The van der Waals surface area contributed by atoms with Crippen LogP contribution in [0, 0.1) is 30.1 Å². The van der Waals surface area contributed by atoms with Gasteiger partial charge in [0.25, 0.3) is 5.89 Å². The number of aryl methyl sites for hydroxylation is 1. The number of nitrogens with one attached hydrogen (secondary N) is 1. The van der Waals surface area contributed by atoms with Gasteiger partial charge in [0.15, 0.2) is 5.82 Å². The first-order valence-corrected chi connectivity index (χ1v) is 11.3. The number of amides is 1. The molecule has 4 aliphatic carbocycles. The van der Waals surface area contributed by atoms with Crippen molar-refractivity contribution in [2.24, 2.45) is 23.2 Å². The fourth-order valence-electron chi connectivity index (χ4n) is 6.57. The Labute approximate surface area is 168 Å². The summed E-state index contributed by atoms with van der Waals surface area (Å²) in [6.45, 7) is 3.10. The van der Waals surface area contributed by atoms with Crippen LogP contribution in [0.25, 0.3) is 11.5 Å². The zero-order chi connectivity index (χ0) is 18.9. The molecule has 2 aromatic rings. The summed E-state index contributed by atoms with van der Waals surface area (Å²) in [4.78, 5) is 19.2. The first-order chi connectivity index (χ1) is 13.6. The third kappa shape index (κ3) is 2.59. The lowest BCUT2D eigenvalue weighted by Gasteiger charge is -2.55. The summed E-state index contributed by atoms with van der Waals surface area (Å²) in [5.74, 6) is 3.58. The van der Waals surface area contributed by atoms with E-state index in [-0.39, 0.29) is 11.3 Å². The van der Waals surface area contributed by atoms with Gasteiger partial charge >= 0.3 is 0 Å². The van der Waals surface area contributed by atoms with Crippen molar-refractivity contribution < 1.29 is 14.1 Å². The maximum atomic E-state index is 13.6. The van der Waals surface area contributed by atoms with E-state index in [4.69, 9.17) is 9.26 Å². The Morgan fingerprint density at radius 1 is 1.18 bits per heavy atom. The number of nitrogens with zero attached hydrogens (tertiary/aromatic N) is 2. The Morgan fingerprint density at radius 3 is 2.54 bits per heavy atom. The standard InChI is InChI=1S/C21H25N3O3S/c1-11-22-18(27-24-11)17-15-2-3-26-10-16(15)28-19(17)23-20(25)21-7-12-4-13(8-21)6-14(5-12)9-21/h12-14H,2-10H2,1H3,(H,23,25). The maximum Gasteiger partial charge on any atom is 0.261 e. The zero-order valence-corrected chi connectivity index (χ0v) is 16.9. The van der Waals surface area contributed by atoms with Gasteiger partial charge in [0.05, 0.1) is 24.2 Å². The van der Waals surface area contributed by atoms with Gasteiger partial charge in [-0.1, -0.05) is 5.16 Å². The minimum atomic E-state index is -0.169. The first-order valence-electron chi connectivity index (χ1n) is 10.4. The fourth-order valence-corrected chi connectivity index (χ4v) is 7.74. The van der Waals surface area contributed by atoms with Gasteiger partial charge in [-0.2, -0.15) is 4.98 Å². The molecular formula is C21H25N3O3S. The van der Waals surface area contributed by atoms with Gasteiger partial charge in [-0.25, -0.2) is 0 Å². The molecule has 0 aromatic carbocycles. The maximum absolute atomic E-state index is 13.6. The highest BCUT2D eigenvalue weighted by molar-refractivity contribution is 7.17. The highest BCUT2D eigenvalue weighted by atomic mass is 32.1. The number of thiophene rings is 1. The highest BCUT2D eigenvalue weighted by Crippen LogP contribution is 2.60. The number of carbonyl (C=O) groups excluding carboxylic acids is 1. The van der Waals surface area contributed by atoms with Crippen LogP contribution in [0.2, 0.25) is 0 Å². The zero-order valence-electron chi connectivity index (χ0n) is 16.1. The molecule has 1 N–H and O–H groups in total. The molecule has 28 heavy (non-hydrogen) atoms. The predicted molar refractivity (Wildman–Crippen MR) is 105 cm³/mol. The lowest BCUT2D eigenvalue weighted by Crippen LogP contribution is -2.51. The summed E-state index contributed by atoms with van der Waals surface area (Å²) in [6, 6.07) is 0. The fraction of sp³-hybridized carbons (Fsp3) is 0.667. The van der Waals surface area contributed by atoms with E-state index in [9.17, 15) is 4.79 Å². The summed E-state index contributed by atoms with van der Waals surface area (Å²) in [6.07, 6.45) is 8.02. The molecule has 0 saturated heterocycles. The molecule has 7 rings (SSSR count). The lowest BCUT2D eigenvalue weighted by atomic mass is 9.49. The van der Waals surface area contributed by atoms with E-state index in [2.05, 4.69) is 15.5 Å². The number of ether oxygens (including phenoxy) is 1. The smallest absolute Gasteiger partial charge is 0.261 e. The number of carbonyl (C=O) groups is 1. The third-order valence-corrected chi connectivity index (χ3v) is 8.43. The van der Waals surface area contributed by atoms with Crippen LogP contribution in [0.4, 0.5) is 5.00 Å². The van der Waals surface area contributed by atoms with E-state index in [0.29, 0.717) is 24.9 Å². The molecule has 7 heteroatoms. The number of fused-ring (bicyclic) bond motifs is 1. The van der Waals surface area contributed by atoms with Crippen molar-refractivity contribution in [1.29, 1.82) is 0 Å². The SMILES string of the molecule is Cc1noc(-c2c(NC(=O)C34CC5CC(CC(C5)C3)C4)sc3c2CCOC3)n1. The third-order valence-electron chi connectivity index (χ3n) is 7.31. The second-order valence-electron chi connectivity index (χ2n) is 9.31. The van der Waals surface area contributed by atoms with Gasteiger partial charge in [0.1, 0.15) is 5.00 Å². The van der Waals surface area contributed by atoms with Crippen molar-refractivity contribution in [2.45, 2.75) is 58.5 Å². The molecule has 4 bridgehead atoms. The second-order valence-corrected chi connectivity index (χ2v) is 10.4. The Hall–Kier alpha value is -1.73. The summed E-state index contributed by atoms with van der Waals surface area (Å²) >= 11 is 1.61. The average Bonchev–Trinajstić information content (AvgIpc) is 3.23. The number of rotatable bonds is 3. The lowest BCUT2D eigenvalue weighted by molar-refractivity contribution is -0.140. The van der Waals surface area contributed by atoms with E-state index >= 15 is 0 Å². The summed E-state index contributed by atoms with van der Waals surface area (Å²) < 4.78 is 11.1. The van der Waals surface area contributed by atoms with Gasteiger partial charge in [0.2, 0.25) is 5.91 Å². The minimum absolute atomic E-state index is 0.169. The first kappa shape index (κ1) is 17.2. The van der Waals surface area contributed by atoms with Crippen LogP contribution in [0.1, 0.15) is 54.8 Å². The van der Waals surface area contributed by atoms with Crippen LogP contribution in [0.5, 0.6) is 0 Å². The molecule has 4 saturated carbocycles. The van der Waals surface area contributed by atoms with Crippen molar-refractivity contribution in [3.05, 3.63) is 16.3 Å².